The van der Waals surface area contributed by atoms with Crippen LogP contribution in [0.5, 0.6) is 0 Å². The van der Waals surface area contributed by atoms with E-state index in [1.807, 2.05) is 12.2 Å². The van der Waals surface area contributed by atoms with Crippen molar-refractivity contribution in [1.82, 2.24) is 0 Å². The van der Waals surface area contributed by atoms with Gasteiger partial charge >= 0.3 is 51.5 Å². The molecule has 0 saturated heterocycles. The molecule has 0 saturated carbocycles. The summed E-state index contributed by atoms with van der Waals surface area (Å²) in [7, 11) is 0.116. The van der Waals surface area contributed by atoms with Crippen molar-refractivity contribution in [3.63, 3.8) is 0 Å². The van der Waals surface area contributed by atoms with E-state index in [-0.39, 0.29) is 8.82 Å². The summed E-state index contributed by atoms with van der Waals surface area (Å²) in [6, 6.07) is 0. The Bertz CT molecular complexity index is 159. The van der Waals surface area contributed by atoms with E-state index in [9.17, 15) is 0 Å². The molecule has 1 aliphatic heterocycles. The Labute approximate surface area is 51.9 Å². The van der Waals surface area contributed by atoms with Crippen molar-refractivity contribution in [3.05, 3.63) is 22.6 Å². The average molecular weight is 178 g/mol. The molecular weight excluding hydrogens is 173 g/mol. The molecular formula is C4H5NSSe. The maximum absolute atomic E-state index is 5.46. The molecule has 3 heteroatoms. The van der Waals surface area contributed by atoms with E-state index < -0.39 is 0 Å². The van der Waals surface area contributed by atoms with Crippen LogP contribution < -0.4 is 5.73 Å². The molecule has 38 valence electrons. The fourth-order valence-electron chi connectivity index (χ4n) is 0.351. The summed E-state index contributed by atoms with van der Waals surface area (Å²) in [5, 5.41) is 3.00. The summed E-state index contributed by atoms with van der Waals surface area (Å²) in [5.74, 6) is 0. The van der Waals surface area contributed by atoms with Gasteiger partial charge in [-0.15, -0.1) is 0 Å². The molecule has 2 N–H and O–H groups in total. The van der Waals surface area contributed by atoms with Gasteiger partial charge in [-0.3, -0.25) is 0 Å². The van der Waals surface area contributed by atoms with Crippen LogP contribution in [0.1, 0.15) is 0 Å². The van der Waals surface area contributed by atoms with E-state index in [2.05, 4.69) is 19.8 Å². The molecule has 1 rings (SSSR count). The second-order valence-electron chi connectivity index (χ2n) is 1.19. The molecule has 1 atom stereocenters. The molecule has 0 aromatic rings. The van der Waals surface area contributed by atoms with Crippen LogP contribution in [-0.2, 0) is 0 Å². The summed E-state index contributed by atoms with van der Waals surface area (Å²) < 4.78 is 0. The van der Waals surface area contributed by atoms with Crippen molar-refractivity contribution in [2.45, 2.75) is 0 Å². The molecule has 0 aromatic carbocycles. The Hall–Kier alpha value is 0.149. The van der Waals surface area contributed by atoms with Gasteiger partial charge in [0.25, 0.3) is 0 Å². The van der Waals surface area contributed by atoms with Crippen LogP contribution in [0.25, 0.3) is 0 Å². The van der Waals surface area contributed by atoms with Crippen molar-refractivity contribution in [3.8, 4) is 0 Å². The van der Waals surface area contributed by atoms with Gasteiger partial charge < -0.3 is 0 Å². The van der Waals surface area contributed by atoms with Crippen molar-refractivity contribution in [2.24, 2.45) is 5.73 Å². The van der Waals surface area contributed by atoms with E-state index in [0.717, 1.165) is 5.03 Å². The van der Waals surface area contributed by atoms with E-state index in [0.29, 0.717) is 0 Å². The molecule has 0 aromatic heterocycles. The predicted molar refractivity (Wildman–Crippen MR) is 34.8 cm³/mol. The van der Waals surface area contributed by atoms with Gasteiger partial charge in [0.05, 0.1) is 0 Å². The van der Waals surface area contributed by atoms with E-state index in [1.165, 1.54) is 0 Å². The first kappa shape index (κ1) is 5.29. The first-order valence-corrected chi connectivity index (χ1v) is 5.16. The maximum atomic E-state index is 5.46. The standard InChI is InChI=1S/C4H5NSSe/c5-4-2-1-3-6(4)7/h1-3H,5H2. The summed E-state index contributed by atoms with van der Waals surface area (Å²) in [4.78, 5) is 0. The molecule has 1 unspecified atom stereocenters. The van der Waals surface area contributed by atoms with E-state index >= 15 is 0 Å². The zero-order valence-corrected chi connectivity index (χ0v) is 6.16. The van der Waals surface area contributed by atoms with Gasteiger partial charge in [0.15, 0.2) is 0 Å². The topological polar surface area (TPSA) is 26.0 Å². The Kier molecular flexibility index (Phi) is 1.47. The van der Waals surface area contributed by atoms with Gasteiger partial charge in [-0.25, -0.2) is 0 Å². The number of rotatable bonds is 0. The van der Waals surface area contributed by atoms with Crippen LogP contribution in [0, 0.1) is 0 Å². The minimum absolute atomic E-state index is 0.116. The fourth-order valence-corrected chi connectivity index (χ4v) is 1.70. The number of hydrogen-bond donors (Lipinski definition) is 1. The Morgan fingerprint density at radius 3 is 2.57 bits per heavy atom. The van der Waals surface area contributed by atoms with Crippen molar-refractivity contribution in [2.75, 3.05) is 0 Å². The fraction of sp³-hybridized carbons (Fsp3) is 0. The summed E-state index contributed by atoms with van der Waals surface area (Å²) in [6.45, 7) is 0. The van der Waals surface area contributed by atoms with E-state index in [4.69, 9.17) is 5.73 Å². The summed E-state index contributed by atoms with van der Waals surface area (Å²) in [5.41, 5.74) is 5.46. The molecule has 1 aliphatic rings. The van der Waals surface area contributed by atoms with Crippen molar-refractivity contribution in [1.29, 1.82) is 0 Å². The van der Waals surface area contributed by atoms with Gasteiger partial charge in [0.1, 0.15) is 0 Å². The quantitative estimate of drug-likeness (QED) is 0.542. The van der Waals surface area contributed by atoms with Crippen LogP contribution in [0.2, 0.25) is 0 Å². The molecule has 0 fully saturated rings. The third kappa shape index (κ3) is 1.03. The molecule has 0 bridgehead atoms. The van der Waals surface area contributed by atoms with Crippen LogP contribution in [-0.4, -0.2) is 14.4 Å². The third-order valence-electron chi connectivity index (χ3n) is 0.695. The van der Waals surface area contributed by atoms with Gasteiger partial charge in [-0.2, -0.15) is 0 Å². The van der Waals surface area contributed by atoms with Crippen molar-refractivity contribution >= 4 is 23.2 Å². The molecule has 0 spiro atoms. The first-order valence-electron chi connectivity index (χ1n) is 1.85. The van der Waals surface area contributed by atoms with Gasteiger partial charge in [-0.05, 0) is 0 Å². The van der Waals surface area contributed by atoms with Crippen LogP contribution in [0.15, 0.2) is 22.6 Å². The molecule has 0 aliphatic carbocycles. The first-order chi connectivity index (χ1) is 3.30. The Morgan fingerprint density at radius 2 is 2.43 bits per heavy atom. The van der Waals surface area contributed by atoms with Crippen LogP contribution in [0.4, 0.5) is 0 Å². The third-order valence-corrected chi connectivity index (χ3v) is 3.61. The van der Waals surface area contributed by atoms with Crippen LogP contribution in [0.3, 0.4) is 0 Å². The normalized spacial score (nSPS) is 28.0. The second kappa shape index (κ2) is 1.95. The second-order valence-corrected chi connectivity index (χ2v) is 4.79. The molecule has 7 heavy (non-hydrogen) atoms. The van der Waals surface area contributed by atoms with Gasteiger partial charge in [0, 0.05) is 0 Å². The van der Waals surface area contributed by atoms with Gasteiger partial charge in [0.2, 0.25) is 0 Å². The predicted octanol–water partition coefficient (Wildman–Crippen LogP) is 0.666. The number of allylic oxidation sites excluding steroid dienone is 2. The zero-order chi connectivity index (χ0) is 5.28. The summed E-state index contributed by atoms with van der Waals surface area (Å²) >= 11 is 2.94. The van der Waals surface area contributed by atoms with Crippen LogP contribution >= 0.6 is 8.82 Å². The molecule has 1 heterocycles. The number of nitrogens with two attached hydrogens (primary N) is 1. The monoisotopic (exact) mass is 179 g/mol. The van der Waals surface area contributed by atoms with E-state index in [1.54, 1.807) is 0 Å². The summed E-state index contributed by atoms with van der Waals surface area (Å²) in [6.07, 6.45) is 3.88. The van der Waals surface area contributed by atoms with Gasteiger partial charge in [-0.1, -0.05) is 0 Å². The Balaban J connectivity index is 2.89. The number of hydrogen-bond acceptors (Lipinski definition) is 1. The van der Waals surface area contributed by atoms with Crippen molar-refractivity contribution < 1.29 is 0 Å². The Morgan fingerprint density at radius 1 is 1.71 bits per heavy atom. The average Bonchev–Trinajstić information content (AvgIpc) is 1.91. The minimum atomic E-state index is 0.116. The molecule has 1 nitrogen and oxygen atoms in total. The SMILES string of the molecule is NC1=CC=CS1=[Se]. The zero-order valence-electron chi connectivity index (χ0n) is 3.63. The molecule has 0 amide bonds. The molecule has 0 radical (unpaired) electrons.